The highest BCUT2D eigenvalue weighted by molar-refractivity contribution is 8.34. The average Bonchev–Trinajstić information content (AvgIpc) is 4.06. The molecule has 0 amide bonds. The summed E-state index contributed by atoms with van der Waals surface area (Å²) in [5, 5.41) is 4.21. The molecule has 0 N–H and O–H groups in total. The molecule has 284 valence electrons. The maximum absolute atomic E-state index is 5.06. The number of hydrogen-bond acceptors (Lipinski definition) is 12. The third kappa shape index (κ3) is 6.75. The largest absolute Gasteiger partial charge is 0.252 e. The van der Waals surface area contributed by atoms with Gasteiger partial charge in [-0.1, -0.05) is 78.4 Å². The normalized spacial score (nSPS) is 15.1. The molecule has 2 atom stereocenters. The molecule has 0 saturated heterocycles. The van der Waals surface area contributed by atoms with E-state index < -0.39 is 10.0 Å². The number of unbranched alkanes of at least 4 members (excludes halogenated alkanes) is 2. The highest BCUT2D eigenvalue weighted by Gasteiger charge is 2.45. The van der Waals surface area contributed by atoms with Crippen molar-refractivity contribution in [2.45, 2.75) is 88.9 Å². The second kappa shape index (κ2) is 16.2. The third-order valence-electron chi connectivity index (χ3n) is 11.2. The highest BCUT2D eigenvalue weighted by atomic mass is 32.3. The van der Waals surface area contributed by atoms with Crippen LogP contribution in [0.5, 0.6) is 0 Å². The molecule has 1 aliphatic heterocycles. The Kier molecular flexibility index (Phi) is 11.1. The Morgan fingerprint density at radius 3 is 1.44 bits per heavy atom. The van der Waals surface area contributed by atoms with E-state index in [9.17, 15) is 0 Å². The van der Waals surface area contributed by atoms with E-state index in [0.29, 0.717) is 11.8 Å². The van der Waals surface area contributed by atoms with Crippen molar-refractivity contribution in [2.24, 2.45) is 11.8 Å². The van der Waals surface area contributed by atoms with Gasteiger partial charge in [0.2, 0.25) is 0 Å². The van der Waals surface area contributed by atoms with E-state index in [1.165, 1.54) is 106 Å². The minimum Gasteiger partial charge on any atom is -0.252 e. The molecule has 13 heteroatoms. The van der Waals surface area contributed by atoms with Crippen LogP contribution in [0, 0.1) is 11.8 Å². The SMILES string of the molecule is CCCCC(CC)CS1(CC(CC)CCCC)c2cc(-c3cnc(-c4cccs4)c4nsnc34)sc2-c2sc(-c3cnc(-c4cccs4)c4nsnc34)cc21. The van der Waals surface area contributed by atoms with Crippen molar-refractivity contribution in [1.82, 2.24) is 27.5 Å². The van der Waals surface area contributed by atoms with Gasteiger partial charge >= 0.3 is 0 Å². The number of hydrogen-bond donors (Lipinski definition) is 0. The van der Waals surface area contributed by atoms with E-state index in [4.69, 9.17) is 27.5 Å². The molecule has 9 heterocycles. The second-order valence-corrected chi connectivity index (χ2v) is 22.9. The first-order valence-electron chi connectivity index (χ1n) is 19.4. The maximum atomic E-state index is 5.06. The molecule has 55 heavy (non-hydrogen) atoms. The molecule has 0 aliphatic carbocycles. The predicted molar refractivity (Wildman–Crippen MR) is 243 cm³/mol. The number of nitrogens with zero attached hydrogens (tertiary/aromatic N) is 6. The number of thiophene rings is 4. The van der Waals surface area contributed by atoms with Crippen molar-refractivity contribution in [3.8, 4) is 51.8 Å². The summed E-state index contributed by atoms with van der Waals surface area (Å²) in [5.41, 5.74) is 7.83. The lowest BCUT2D eigenvalue weighted by atomic mass is 10.0. The van der Waals surface area contributed by atoms with Gasteiger partial charge in [0.1, 0.15) is 33.5 Å². The molecule has 0 radical (unpaired) electrons. The van der Waals surface area contributed by atoms with Crippen LogP contribution in [0.2, 0.25) is 0 Å². The van der Waals surface area contributed by atoms with E-state index in [1.54, 1.807) is 32.5 Å². The molecule has 9 rings (SSSR count). The van der Waals surface area contributed by atoms with Crippen molar-refractivity contribution in [1.29, 1.82) is 0 Å². The van der Waals surface area contributed by atoms with Crippen LogP contribution >= 0.6 is 78.8 Å². The Morgan fingerprint density at radius 1 is 0.582 bits per heavy atom. The van der Waals surface area contributed by atoms with Crippen LogP contribution < -0.4 is 0 Å². The van der Waals surface area contributed by atoms with Crippen molar-refractivity contribution < 1.29 is 0 Å². The van der Waals surface area contributed by atoms with Crippen molar-refractivity contribution in [3.05, 3.63) is 59.6 Å². The van der Waals surface area contributed by atoms with Crippen LogP contribution in [0.4, 0.5) is 0 Å². The van der Waals surface area contributed by atoms with Gasteiger partial charge in [0, 0.05) is 43.1 Å². The Morgan fingerprint density at radius 2 is 1.04 bits per heavy atom. The molecule has 0 saturated carbocycles. The van der Waals surface area contributed by atoms with Gasteiger partial charge in [0.05, 0.1) is 43.0 Å². The smallest absolute Gasteiger partial charge is 0.132 e. The summed E-state index contributed by atoms with van der Waals surface area (Å²) >= 11 is 9.90. The van der Waals surface area contributed by atoms with Gasteiger partial charge in [-0.05, 0) is 71.2 Å². The fraction of sp³-hybridized carbons (Fsp3) is 0.381. The number of pyridine rings is 2. The van der Waals surface area contributed by atoms with Crippen LogP contribution in [0.25, 0.3) is 73.8 Å². The first-order chi connectivity index (χ1) is 27.1. The molecule has 8 aromatic heterocycles. The van der Waals surface area contributed by atoms with Crippen LogP contribution in [0.15, 0.2) is 69.3 Å². The maximum Gasteiger partial charge on any atom is 0.132 e. The van der Waals surface area contributed by atoms with Gasteiger partial charge in [-0.2, -0.15) is 27.5 Å². The van der Waals surface area contributed by atoms with Crippen LogP contribution in [-0.4, -0.2) is 39.0 Å². The monoisotopic (exact) mass is 856 g/mol. The van der Waals surface area contributed by atoms with E-state index in [0.717, 1.165) is 54.3 Å². The zero-order valence-corrected chi connectivity index (χ0v) is 37.3. The summed E-state index contributed by atoms with van der Waals surface area (Å²) in [6.07, 6.45) is 14.2. The lowest BCUT2D eigenvalue weighted by Crippen LogP contribution is -2.20. The standard InChI is InChI=1S/C42H44N6S7/c1-5-9-13-25(7-3)23-55(24-26(8-4)14-10-6-2)33-19-31(27-21-43-37(29-15-11-17-49-29)39-35(27)45-53-47-39)51-41(33)42-34(55)20-32(52-42)28-22-44-38(30-16-12-18-50-30)40-36(28)46-54-48-40/h11-12,15-22,25-26H,5-10,13-14,23-24H2,1-4H3. The second-order valence-electron chi connectivity index (χ2n) is 14.6. The fourth-order valence-electron chi connectivity index (χ4n) is 8.15. The molecule has 2 unspecified atom stereocenters. The zero-order chi connectivity index (χ0) is 37.5. The Hall–Kier alpha value is -2.91. The van der Waals surface area contributed by atoms with E-state index in [1.807, 2.05) is 22.7 Å². The molecular formula is C42H44N6S7. The molecule has 0 bridgehead atoms. The Bertz CT molecular complexity index is 2360. The first-order valence-corrected chi connectivity index (χ1v) is 26.3. The zero-order valence-electron chi connectivity index (χ0n) is 31.5. The van der Waals surface area contributed by atoms with Gasteiger partial charge in [-0.25, -0.2) is 0 Å². The lowest BCUT2D eigenvalue weighted by Gasteiger charge is -2.42. The minimum atomic E-state index is -1.39. The molecular weight excluding hydrogens is 813 g/mol. The molecule has 8 aromatic rings. The molecule has 1 aliphatic rings. The van der Waals surface area contributed by atoms with Gasteiger partial charge < -0.3 is 0 Å². The predicted octanol–water partition coefficient (Wildman–Crippen LogP) is 15.0. The average molecular weight is 857 g/mol. The molecule has 0 fully saturated rings. The van der Waals surface area contributed by atoms with Crippen molar-refractivity contribution >= 4 is 101 Å². The summed E-state index contributed by atoms with van der Waals surface area (Å²) in [7, 11) is -1.39. The molecule has 0 aromatic carbocycles. The first kappa shape index (κ1) is 37.7. The summed E-state index contributed by atoms with van der Waals surface area (Å²) in [5.74, 6) is 3.88. The van der Waals surface area contributed by atoms with Gasteiger partial charge in [0.15, 0.2) is 0 Å². The summed E-state index contributed by atoms with van der Waals surface area (Å²) in [6.45, 7) is 9.53. The van der Waals surface area contributed by atoms with Crippen LogP contribution in [0.1, 0.15) is 79.1 Å². The summed E-state index contributed by atoms with van der Waals surface area (Å²) in [4.78, 5) is 21.0. The van der Waals surface area contributed by atoms with Gasteiger partial charge in [-0.15, -0.1) is 45.3 Å². The highest BCUT2D eigenvalue weighted by Crippen LogP contribution is 2.77. The Balaban J connectivity index is 1.24. The van der Waals surface area contributed by atoms with E-state index in [-0.39, 0.29) is 0 Å². The van der Waals surface area contributed by atoms with E-state index >= 15 is 0 Å². The fourth-order valence-corrected chi connectivity index (χ4v) is 19.6. The van der Waals surface area contributed by atoms with Gasteiger partial charge in [0.25, 0.3) is 0 Å². The molecule has 6 nitrogen and oxygen atoms in total. The Labute approximate surface area is 349 Å². The molecule has 0 spiro atoms. The van der Waals surface area contributed by atoms with E-state index in [2.05, 4.69) is 87.2 Å². The van der Waals surface area contributed by atoms with Crippen LogP contribution in [-0.2, 0) is 0 Å². The van der Waals surface area contributed by atoms with Crippen molar-refractivity contribution in [2.75, 3.05) is 11.5 Å². The summed E-state index contributed by atoms with van der Waals surface area (Å²) < 4.78 is 19.4. The lowest BCUT2D eigenvalue weighted by molar-refractivity contribution is 0.484. The number of rotatable bonds is 16. The van der Waals surface area contributed by atoms with Gasteiger partial charge in [-0.3, -0.25) is 9.97 Å². The minimum absolute atomic E-state index is 0.687. The number of aromatic nitrogens is 6. The number of fused-ring (bicyclic) bond motifs is 5. The summed E-state index contributed by atoms with van der Waals surface area (Å²) in [6, 6.07) is 13.6. The van der Waals surface area contributed by atoms with Crippen molar-refractivity contribution in [3.63, 3.8) is 0 Å². The quantitative estimate of drug-likeness (QED) is 0.0963. The topological polar surface area (TPSA) is 77.3 Å². The third-order valence-corrected chi connectivity index (χ3v) is 21.2. The van der Waals surface area contributed by atoms with Crippen LogP contribution in [0.3, 0.4) is 0 Å².